The van der Waals surface area contributed by atoms with Gasteiger partial charge in [-0.15, -0.1) is 0 Å². The maximum atomic E-state index is 12.4. The third-order valence-corrected chi connectivity index (χ3v) is 5.21. The molecule has 1 aromatic carbocycles. The van der Waals surface area contributed by atoms with Gasteiger partial charge in [0.15, 0.2) is 11.5 Å². The van der Waals surface area contributed by atoms with Crippen molar-refractivity contribution in [3.63, 3.8) is 0 Å². The Morgan fingerprint density at radius 2 is 1.36 bits per heavy atom. The Morgan fingerprint density at radius 3 is 1.85 bits per heavy atom. The number of ether oxygens (including phenoxy) is 6. The SMILES string of the molecule is COC(=O)[C@H](Cc1ccc(OC(=O)OC(C)(C)C)c(OC(=O)OC(C)(C)C)c1)NCCOC(=O)C(C)C(C)C. The number of rotatable bonds is 11. The highest BCUT2D eigenvalue weighted by molar-refractivity contribution is 5.76. The maximum Gasteiger partial charge on any atom is 0.514 e. The fourth-order valence-corrected chi connectivity index (χ4v) is 2.97. The zero-order valence-corrected chi connectivity index (χ0v) is 24.7. The van der Waals surface area contributed by atoms with Crippen LogP contribution in [0.1, 0.15) is 67.9 Å². The molecule has 1 N–H and O–H groups in total. The molecule has 0 aliphatic carbocycles. The van der Waals surface area contributed by atoms with Gasteiger partial charge >= 0.3 is 24.2 Å². The monoisotopic (exact) mass is 553 g/mol. The van der Waals surface area contributed by atoms with Crippen LogP contribution >= 0.6 is 0 Å². The van der Waals surface area contributed by atoms with E-state index in [0.29, 0.717) is 5.56 Å². The van der Waals surface area contributed by atoms with Crippen LogP contribution in [0.3, 0.4) is 0 Å². The predicted molar refractivity (Wildman–Crippen MR) is 143 cm³/mol. The van der Waals surface area contributed by atoms with Gasteiger partial charge in [0, 0.05) is 6.54 Å². The van der Waals surface area contributed by atoms with Gasteiger partial charge in [-0.1, -0.05) is 26.8 Å². The van der Waals surface area contributed by atoms with Gasteiger partial charge in [0.2, 0.25) is 0 Å². The Bertz CT molecular complexity index is 991. The van der Waals surface area contributed by atoms with Crippen LogP contribution in [0, 0.1) is 11.8 Å². The standard InChI is InChI=1S/C28H43NO10/c1-17(2)18(3)23(30)35-14-13-29-20(24(31)34-10)15-19-11-12-21(36-25(32)38-27(4,5)6)22(16-19)37-26(33)39-28(7,8)9/h11-12,16-18,20,29H,13-15H2,1-10H3/t18?,20-/m0/s1. The molecule has 0 amide bonds. The van der Waals surface area contributed by atoms with Crippen LogP contribution in [0.2, 0.25) is 0 Å². The number of nitrogens with one attached hydrogen (secondary N) is 1. The van der Waals surface area contributed by atoms with E-state index in [1.165, 1.54) is 19.2 Å². The van der Waals surface area contributed by atoms with Crippen LogP contribution in [0.5, 0.6) is 11.5 Å². The summed E-state index contributed by atoms with van der Waals surface area (Å²) >= 11 is 0. The molecule has 0 aliphatic rings. The largest absolute Gasteiger partial charge is 0.514 e. The van der Waals surface area contributed by atoms with Crippen molar-refractivity contribution >= 4 is 24.2 Å². The van der Waals surface area contributed by atoms with E-state index in [1.54, 1.807) is 54.5 Å². The summed E-state index contributed by atoms with van der Waals surface area (Å²) in [6.45, 7) is 16.0. The Kier molecular flexibility index (Phi) is 12.7. The fraction of sp³-hybridized carbons (Fsp3) is 0.643. The van der Waals surface area contributed by atoms with E-state index in [1.807, 2.05) is 13.8 Å². The van der Waals surface area contributed by atoms with E-state index in [0.717, 1.165) is 0 Å². The van der Waals surface area contributed by atoms with Gasteiger partial charge in [0.05, 0.1) is 13.0 Å². The van der Waals surface area contributed by atoms with Crippen molar-refractivity contribution in [3.8, 4) is 11.5 Å². The van der Waals surface area contributed by atoms with Crippen LogP contribution < -0.4 is 14.8 Å². The minimum absolute atomic E-state index is 0.0685. The van der Waals surface area contributed by atoms with E-state index >= 15 is 0 Å². The molecule has 1 aromatic rings. The van der Waals surface area contributed by atoms with Gasteiger partial charge < -0.3 is 33.7 Å². The van der Waals surface area contributed by atoms with E-state index in [4.69, 9.17) is 28.4 Å². The molecule has 0 aliphatic heterocycles. The molecule has 0 spiro atoms. The van der Waals surface area contributed by atoms with Crippen molar-refractivity contribution in [2.75, 3.05) is 20.3 Å². The van der Waals surface area contributed by atoms with Gasteiger partial charge in [-0.2, -0.15) is 0 Å². The summed E-state index contributed by atoms with van der Waals surface area (Å²) in [4.78, 5) is 49.1. The van der Waals surface area contributed by atoms with Crippen LogP contribution in [0.25, 0.3) is 0 Å². The fourth-order valence-electron chi connectivity index (χ4n) is 2.97. The Hall–Kier alpha value is -3.34. The Balaban J connectivity index is 3.07. The number of carbonyl (C=O) groups is 4. The third kappa shape index (κ3) is 13.3. The number of hydrogen-bond donors (Lipinski definition) is 1. The summed E-state index contributed by atoms with van der Waals surface area (Å²) in [6.07, 6.45) is -1.87. The minimum Gasteiger partial charge on any atom is -0.468 e. The summed E-state index contributed by atoms with van der Waals surface area (Å²) in [7, 11) is 1.26. The molecule has 11 heteroatoms. The molecule has 0 radical (unpaired) electrons. The lowest BCUT2D eigenvalue weighted by Gasteiger charge is -2.21. The number of methoxy groups -OCH3 is 1. The van der Waals surface area contributed by atoms with Crippen LogP contribution in [0.4, 0.5) is 9.59 Å². The second kappa shape index (κ2) is 14.7. The zero-order chi connectivity index (χ0) is 30.0. The highest BCUT2D eigenvalue weighted by Crippen LogP contribution is 2.31. The first kappa shape index (κ1) is 33.7. The average molecular weight is 554 g/mol. The molecule has 0 saturated carbocycles. The zero-order valence-electron chi connectivity index (χ0n) is 24.7. The first-order valence-electron chi connectivity index (χ1n) is 12.8. The quantitative estimate of drug-likeness (QED) is 0.175. The molecular weight excluding hydrogens is 510 g/mol. The van der Waals surface area contributed by atoms with Crippen molar-refractivity contribution in [1.82, 2.24) is 5.32 Å². The Labute approximate surface area is 230 Å². The predicted octanol–water partition coefficient (Wildman–Crippen LogP) is 4.82. The molecule has 1 rings (SSSR count). The minimum atomic E-state index is -1.01. The normalized spacial score (nSPS) is 13.2. The summed E-state index contributed by atoms with van der Waals surface area (Å²) in [5.74, 6) is -1.13. The lowest BCUT2D eigenvalue weighted by Crippen LogP contribution is -2.41. The smallest absolute Gasteiger partial charge is 0.468 e. The summed E-state index contributed by atoms with van der Waals surface area (Å²) in [5.41, 5.74) is -1.07. The number of carbonyl (C=O) groups excluding carboxylic acids is 4. The molecule has 220 valence electrons. The summed E-state index contributed by atoms with van der Waals surface area (Å²) in [5, 5.41) is 3.02. The first-order valence-corrected chi connectivity index (χ1v) is 12.8. The molecule has 0 saturated heterocycles. The number of esters is 2. The average Bonchev–Trinajstić information content (AvgIpc) is 2.78. The molecular formula is C28H43NO10. The van der Waals surface area contributed by atoms with Gasteiger partial charge in [-0.25, -0.2) is 9.59 Å². The highest BCUT2D eigenvalue weighted by Gasteiger charge is 2.25. The maximum absolute atomic E-state index is 12.4. The molecule has 39 heavy (non-hydrogen) atoms. The van der Waals surface area contributed by atoms with Crippen LogP contribution in [0.15, 0.2) is 18.2 Å². The molecule has 2 atom stereocenters. The van der Waals surface area contributed by atoms with Crippen molar-refractivity contribution in [2.24, 2.45) is 11.8 Å². The van der Waals surface area contributed by atoms with Crippen LogP contribution in [-0.2, 0) is 35.0 Å². The molecule has 0 fully saturated rings. The van der Waals surface area contributed by atoms with Gasteiger partial charge in [-0.05, 0) is 71.6 Å². The molecule has 1 unspecified atom stereocenters. The summed E-state index contributed by atoms with van der Waals surface area (Å²) < 4.78 is 31.2. The topological polar surface area (TPSA) is 136 Å². The number of hydrogen-bond acceptors (Lipinski definition) is 11. The van der Waals surface area contributed by atoms with Crippen molar-refractivity contribution < 1.29 is 47.6 Å². The van der Waals surface area contributed by atoms with Crippen molar-refractivity contribution in [3.05, 3.63) is 23.8 Å². The second-order valence-electron chi connectivity index (χ2n) is 11.3. The first-order chi connectivity index (χ1) is 17.9. The molecule has 11 nitrogen and oxygen atoms in total. The van der Waals surface area contributed by atoms with Gasteiger partial charge in [0.1, 0.15) is 23.9 Å². The van der Waals surface area contributed by atoms with Gasteiger partial charge in [-0.3, -0.25) is 9.59 Å². The van der Waals surface area contributed by atoms with Crippen LogP contribution in [-0.4, -0.2) is 61.8 Å². The molecule has 0 aromatic heterocycles. The summed E-state index contributed by atoms with van der Waals surface area (Å²) in [6, 6.07) is 3.67. The lowest BCUT2D eigenvalue weighted by molar-refractivity contribution is -0.149. The highest BCUT2D eigenvalue weighted by atomic mass is 16.8. The van der Waals surface area contributed by atoms with E-state index < -0.39 is 35.5 Å². The van der Waals surface area contributed by atoms with Crippen molar-refractivity contribution in [2.45, 2.75) is 86.0 Å². The molecule has 0 bridgehead atoms. The van der Waals surface area contributed by atoms with E-state index in [-0.39, 0.29) is 48.9 Å². The molecule has 0 heterocycles. The third-order valence-electron chi connectivity index (χ3n) is 5.21. The van der Waals surface area contributed by atoms with Gasteiger partial charge in [0.25, 0.3) is 0 Å². The van der Waals surface area contributed by atoms with E-state index in [9.17, 15) is 19.2 Å². The lowest BCUT2D eigenvalue weighted by atomic mass is 9.99. The van der Waals surface area contributed by atoms with E-state index in [2.05, 4.69) is 5.32 Å². The number of benzene rings is 1. The Morgan fingerprint density at radius 1 is 0.821 bits per heavy atom. The second-order valence-corrected chi connectivity index (χ2v) is 11.3. The van der Waals surface area contributed by atoms with Crippen molar-refractivity contribution in [1.29, 1.82) is 0 Å².